The van der Waals surface area contributed by atoms with Crippen LogP contribution >= 0.6 is 0 Å². The Bertz CT molecular complexity index is 268. The quantitative estimate of drug-likeness (QED) is 0.545. The minimum atomic E-state index is 0.550. The third-order valence-corrected chi connectivity index (χ3v) is 3.48. The van der Waals surface area contributed by atoms with Gasteiger partial charge in [-0.1, -0.05) is 44.1 Å². The maximum atomic E-state index is 2.46. The number of hydrogen-bond donors (Lipinski definition) is 0. The predicted molar refractivity (Wildman–Crippen MR) is 52.9 cm³/mol. The van der Waals surface area contributed by atoms with Crippen LogP contribution in [0.15, 0.2) is 23.3 Å². The van der Waals surface area contributed by atoms with E-state index in [2.05, 4.69) is 39.8 Å². The van der Waals surface area contributed by atoms with Gasteiger partial charge < -0.3 is 0 Å². The summed E-state index contributed by atoms with van der Waals surface area (Å²) >= 11 is 0. The van der Waals surface area contributed by atoms with Gasteiger partial charge in [0.05, 0.1) is 0 Å². The highest BCUT2D eigenvalue weighted by atomic mass is 14.6. The highest BCUT2D eigenvalue weighted by molar-refractivity contribution is 5.46. The summed E-state index contributed by atoms with van der Waals surface area (Å²) in [6.45, 7) is 9.16. The molecule has 2 aliphatic carbocycles. The molecule has 2 unspecified atom stereocenters. The average Bonchev–Trinajstić information content (AvgIpc) is 2.79. The van der Waals surface area contributed by atoms with Gasteiger partial charge in [-0.15, -0.1) is 0 Å². The Morgan fingerprint density at radius 3 is 2.58 bits per heavy atom. The Morgan fingerprint density at radius 1 is 1.58 bits per heavy atom. The number of rotatable bonds is 2. The monoisotopic (exact) mass is 162 g/mol. The molecular formula is C12H18. The van der Waals surface area contributed by atoms with Crippen molar-refractivity contribution in [3.8, 4) is 0 Å². The molecule has 0 heteroatoms. The Morgan fingerprint density at radius 2 is 2.25 bits per heavy atom. The van der Waals surface area contributed by atoms with Gasteiger partial charge in [-0.3, -0.25) is 0 Å². The molecule has 2 aliphatic rings. The summed E-state index contributed by atoms with van der Waals surface area (Å²) in [7, 11) is 0. The van der Waals surface area contributed by atoms with Gasteiger partial charge in [-0.2, -0.15) is 0 Å². The van der Waals surface area contributed by atoms with Crippen molar-refractivity contribution in [2.24, 2.45) is 17.3 Å². The van der Waals surface area contributed by atoms with Crippen molar-refractivity contribution >= 4 is 0 Å². The molecule has 0 radical (unpaired) electrons. The van der Waals surface area contributed by atoms with Crippen molar-refractivity contribution in [3.05, 3.63) is 23.3 Å². The molecule has 0 aliphatic heterocycles. The summed E-state index contributed by atoms with van der Waals surface area (Å²) < 4.78 is 0. The highest BCUT2D eigenvalue weighted by Crippen LogP contribution is 2.65. The maximum Gasteiger partial charge on any atom is 0.00767 e. The van der Waals surface area contributed by atoms with Gasteiger partial charge in [-0.25, -0.2) is 0 Å². The van der Waals surface area contributed by atoms with Crippen molar-refractivity contribution in [2.75, 3.05) is 0 Å². The van der Waals surface area contributed by atoms with Crippen LogP contribution in [-0.4, -0.2) is 0 Å². The minimum absolute atomic E-state index is 0.550. The van der Waals surface area contributed by atoms with Gasteiger partial charge in [0, 0.05) is 11.3 Å². The Labute approximate surface area is 75.4 Å². The molecule has 0 aromatic rings. The summed E-state index contributed by atoms with van der Waals surface area (Å²) in [6.07, 6.45) is 6.09. The third kappa shape index (κ3) is 0.972. The van der Waals surface area contributed by atoms with E-state index < -0.39 is 0 Å². The Balaban J connectivity index is 2.00. The lowest BCUT2D eigenvalue weighted by Crippen LogP contribution is -2.02. The van der Waals surface area contributed by atoms with Crippen LogP contribution in [0, 0.1) is 17.3 Å². The molecule has 1 saturated carbocycles. The van der Waals surface area contributed by atoms with Crippen molar-refractivity contribution < 1.29 is 0 Å². The molecule has 66 valence electrons. The second-order valence-electron chi connectivity index (χ2n) is 4.71. The van der Waals surface area contributed by atoms with Crippen LogP contribution in [0.3, 0.4) is 0 Å². The van der Waals surface area contributed by atoms with Crippen molar-refractivity contribution in [1.29, 1.82) is 0 Å². The second kappa shape index (κ2) is 2.25. The van der Waals surface area contributed by atoms with Gasteiger partial charge in [0.25, 0.3) is 0 Å². The smallest absolute Gasteiger partial charge is 0.00767 e. The van der Waals surface area contributed by atoms with Gasteiger partial charge in [0.1, 0.15) is 0 Å². The zero-order valence-corrected chi connectivity index (χ0v) is 8.52. The molecule has 0 N–H and O–H groups in total. The van der Waals surface area contributed by atoms with Crippen molar-refractivity contribution in [1.82, 2.24) is 0 Å². The standard InChI is InChI=1S/C12H18/c1-5-9-7-12(9,4)11-6-10(11)8(2)3/h5-6,8,11H,7H2,1-4H3. The predicted octanol–water partition coefficient (Wildman–Crippen LogP) is 3.55. The van der Waals surface area contributed by atoms with Crippen molar-refractivity contribution in [2.45, 2.75) is 34.1 Å². The summed E-state index contributed by atoms with van der Waals surface area (Å²) in [5.74, 6) is 1.59. The number of hydrogen-bond acceptors (Lipinski definition) is 0. The number of allylic oxidation sites excluding steroid dienone is 4. The first-order valence-corrected chi connectivity index (χ1v) is 4.97. The van der Waals surface area contributed by atoms with Crippen LogP contribution in [0.4, 0.5) is 0 Å². The van der Waals surface area contributed by atoms with Gasteiger partial charge in [0.15, 0.2) is 0 Å². The zero-order chi connectivity index (χ0) is 8.93. The summed E-state index contributed by atoms with van der Waals surface area (Å²) in [6, 6.07) is 0. The summed E-state index contributed by atoms with van der Waals surface area (Å²) in [4.78, 5) is 0. The minimum Gasteiger partial charge on any atom is -0.0878 e. The lowest BCUT2D eigenvalue weighted by Gasteiger charge is -2.09. The fourth-order valence-electron chi connectivity index (χ4n) is 2.34. The lowest BCUT2D eigenvalue weighted by molar-refractivity contribution is 0.517. The zero-order valence-electron chi connectivity index (χ0n) is 8.52. The average molecular weight is 162 g/mol. The van der Waals surface area contributed by atoms with E-state index in [9.17, 15) is 0 Å². The molecule has 0 heterocycles. The largest absolute Gasteiger partial charge is 0.0878 e. The molecular weight excluding hydrogens is 144 g/mol. The van der Waals surface area contributed by atoms with E-state index in [0.717, 1.165) is 11.8 Å². The van der Waals surface area contributed by atoms with Crippen molar-refractivity contribution in [3.63, 3.8) is 0 Å². The van der Waals surface area contributed by atoms with Gasteiger partial charge >= 0.3 is 0 Å². The van der Waals surface area contributed by atoms with E-state index in [1.54, 1.807) is 11.1 Å². The molecule has 0 bridgehead atoms. The fourth-order valence-corrected chi connectivity index (χ4v) is 2.34. The molecule has 1 fully saturated rings. The van der Waals surface area contributed by atoms with Gasteiger partial charge in [-0.05, 0) is 19.3 Å². The lowest BCUT2D eigenvalue weighted by atomic mass is 9.94. The fraction of sp³-hybridized carbons (Fsp3) is 0.667. The SMILES string of the molecule is CC=C1CC1(C)C1C=C1C(C)C. The van der Waals surface area contributed by atoms with Crippen LogP contribution in [-0.2, 0) is 0 Å². The second-order valence-corrected chi connectivity index (χ2v) is 4.71. The molecule has 0 spiro atoms. The molecule has 2 atom stereocenters. The first-order chi connectivity index (χ1) is 5.59. The molecule has 0 amide bonds. The van der Waals surface area contributed by atoms with E-state index in [1.807, 2.05) is 0 Å². The first kappa shape index (κ1) is 8.10. The van der Waals surface area contributed by atoms with Crippen LogP contribution in [0.2, 0.25) is 0 Å². The molecule has 12 heavy (non-hydrogen) atoms. The first-order valence-electron chi connectivity index (χ1n) is 4.97. The van der Waals surface area contributed by atoms with E-state index in [4.69, 9.17) is 0 Å². The Kier molecular flexibility index (Phi) is 1.51. The van der Waals surface area contributed by atoms with E-state index in [1.165, 1.54) is 6.42 Å². The third-order valence-electron chi connectivity index (χ3n) is 3.48. The van der Waals surface area contributed by atoms with E-state index in [0.29, 0.717) is 5.41 Å². The highest BCUT2D eigenvalue weighted by Gasteiger charge is 2.54. The molecule has 0 nitrogen and oxygen atoms in total. The van der Waals surface area contributed by atoms with Crippen LogP contribution in [0.25, 0.3) is 0 Å². The molecule has 0 aromatic heterocycles. The van der Waals surface area contributed by atoms with E-state index >= 15 is 0 Å². The van der Waals surface area contributed by atoms with Gasteiger partial charge in [0.2, 0.25) is 0 Å². The molecule has 0 aromatic carbocycles. The van der Waals surface area contributed by atoms with E-state index in [-0.39, 0.29) is 0 Å². The Hall–Kier alpha value is -0.520. The van der Waals surface area contributed by atoms with Crippen LogP contribution < -0.4 is 0 Å². The maximum absolute atomic E-state index is 2.46. The summed E-state index contributed by atoms with van der Waals surface area (Å²) in [5, 5.41) is 0. The molecule has 2 rings (SSSR count). The summed E-state index contributed by atoms with van der Waals surface area (Å²) in [5.41, 5.74) is 3.91. The topological polar surface area (TPSA) is 0 Å². The molecule has 0 saturated heterocycles. The van der Waals surface area contributed by atoms with Crippen LogP contribution in [0.1, 0.15) is 34.1 Å². The van der Waals surface area contributed by atoms with Crippen LogP contribution in [0.5, 0.6) is 0 Å². The normalized spacial score (nSPS) is 41.9.